The first-order valence-corrected chi connectivity index (χ1v) is 4.87. The van der Waals surface area contributed by atoms with Crippen LogP contribution >= 0.6 is 0 Å². The molecule has 18 heavy (non-hydrogen) atoms. The lowest BCUT2D eigenvalue weighted by molar-refractivity contribution is 0.0696. The first-order chi connectivity index (χ1) is 8.52. The quantitative estimate of drug-likeness (QED) is 0.814. The smallest absolute Gasteiger partial charge is 0.335 e. The lowest BCUT2D eigenvalue weighted by Gasteiger charge is -1.96. The molecule has 1 heterocycles. The SMILES string of the molecule is Cc1ccccc1C(=O)O.NC(=O)c1ncon1. The van der Waals surface area contributed by atoms with Crippen LogP contribution in [0, 0.1) is 6.92 Å². The summed E-state index contributed by atoms with van der Waals surface area (Å²) in [5, 5.41) is 11.7. The molecule has 1 aromatic carbocycles. The third kappa shape index (κ3) is 3.71. The van der Waals surface area contributed by atoms with Gasteiger partial charge in [-0.1, -0.05) is 23.4 Å². The molecule has 1 amide bonds. The number of nitrogens with zero attached hydrogens (tertiary/aromatic N) is 2. The molecule has 0 aliphatic heterocycles. The van der Waals surface area contributed by atoms with Crippen LogP contribution in [-0.4, -0.2) is 27.1 Å². The van der Waals surface area contributed by atoms with Crippen LogP contribution in [0.15, 0.2) is 35.2 Å². The predicted octanol–water partition coefficient (Wildman–Crippen LogP) is 0.862. The highest BCUT2D eigenvalue weighted by atomic mass is 16.5. The van der Waals surface area contributed by atoms with Gasteiger partial charge in [0.15, 0.2) is 0 Å². The normalized spacial score (nSPS) is 9.17. The average Bonchev–Trinajstić information content (AvgIpc) is 2.83. The highest BCUT2D eigenvalue weighted by Crippen LogP contribution is 2.05. The van der Waals surface area contributed by atoms with E-state index < -0.39 is 11.9 Å². The zero-order valence-corrected chi connectivity index (χ0v) is 9.53. The molecule has 2 rings (SSSR count). The van der Waals surface area contributed by atoms with E-state index in [-0.39, 0.29) is 5.82 Å². The third-order valence-corrected chi connectivity index (χ3v) is 1.96. The van der Waals surface area contributed by atoms with E-state index in [0.717, 1.165) is 12.0 Å². The summed E-state index contributed by atoms with van der Waals surface area (Å²) in [4.78, 5) is 23.9. The van der Waals surface area contributed by atoms with Crippen molar-refractivity contribution >= 4 is 11.9 Å². The second-order valence-corrected chi connectivity index (χ2v) is 3.24. The Morgan fingerprint density at radius 3 is 2.33 bits per heavy atom. The van der Waals surface area contributed by atoms with Crippen molar-refractivity contribution in [3.8, 4) is 0 Å². The summed E-state index contributed by atoms with van der Waals surface area (Å²) in [5.74, 6) is -1.64. The van der Waals surface area contributed by atoms with Gasteiger partial charge in [-0.15, -0.1) is 0 Å². The fraction of sp³-hybridized carbons (Fsp3) is 0.0909. The van der Waals surface area contributed by atoms with Gasteiger partial charge in [0.05, 0.1) is 5.56 Å². The molecule has 1 aromatic heterocycles. The summed E-state index contributed by atoms with van der Waals surface area (Å²) in [6.07, 6.45) is 1.04. The largest absolute Gasteiger partial charge is 0.478 e. The maximum absolute atomic E-state index is 10.4. The number of aryl methyl sites for hydroxylation is 1. The molecule has 0 saturated carbocycles. The fourth-order valence-corrected chi connectivity index (χ4v) is 1.09. The van der Waals surface area contributed by atoms with Gasteiger partial charge in [0, 0.05) is 0 Å². The fourth-order valence-electron chi connectivity index (χ4n) is 1.09. The highest BCUT2D eigenvalue weighted by Gasteiger charge is 2.03. The molecule has 2 aromatic rings. The lowest BCUT2D eigenvalue weighted by atomic mass is 10.1. The van der Waals surface area contributed by atoms with Crippen molar-refractivity contribution in [1.82, 2.24) is 10.1 Å². The lowest BCUT2D eigenvalue weighted by Crippen LogP contribution is -2.12. The van der Waals surface area contributed by atoms with E-state index >= 15 is 0 Å². The highest BCUT2D eigenvalue weighted by molar-refractivity contribution is 5.89. The van der Waals surface area contributed by atoms with Crippen LogP contribution < -0.4 is 5.73 Å². The van der Waals surface area contributed by atoms with Crippen LogP contribution in [-0.2, 0) is 0 Å². The molecule has 94 valence electrons. The van der Waals surface area contributed by atoms with E-state index in [2.05, 4.69) is 14.7 Å². The number of carboxylic acid groups (broad SMARTS) is 1. The molecular weight excluding hydrogens is 238 g/mol. The zero-order valence-electron chi connectivity index (χ0n) is 9.53. The van der Waals surface area contributed by atoms with Gasteiger partial charge in [-0.2, -0.15) is 4.98 Å². The van der Waals surface area contributed by atoms with Crippen LogP contribution in [0.5, 0.6) is 0 Å². The molecule has 7 heteroatoms. The first-order valence-electron chi connectivity index (χ1n) is 4.87. The molecule has 0 atom stereocenters. The Hall–Kier alpha value is -2.70. The molecular formula is C11H11N3O4. The maximum atomic E-state index is 10.4. The van der Waals surface area contributed by atoms with Gasteiger partial charge in [0.1, 0.15) is 0 Å². The predicted molar refractivity (Wildman–Crippen MR) is 61.0 cm³/mol. The van der Waals surface area contributed by atoms with E-state index in [9.17, 15) is 9.59 Å². The van der Waals surface area contributed by atoms with Crippen molar-refractivity contribution in [2.24, 2.45) is 5.73 Å². The summed E-state index contributed by atoms with van der Waals surface area (Å²) in [6, 6.07) is 6.92. The molecule has 0 aliphatic rings. The first kappa shape index (κ1) is 13.4. The number of carbonyl (C=O) groups is 2. The van der Waals surface area contributed by atoms with E-state index in [1.807, 2.05) is 6.07 Å². The van der Waals surface area contributed by atoms with Gasteiger partial charge < -0.3 is 15.4 Å². The molecule has 0 fully saturated rings. The summed E-state index contributed by atoms with van der Waals surface area (Å²) < 4.78 is 4.21. The number of aromatic carboxylic acids is 1. The van der Waals surface area contributed by atoms with Crippen molar-refractivity contribution in [1.29, 1.82) is 0 Å². The Morgan fingerprint density at radius 1 is 1.33 bits per heavy atom. The minimum absolute atomic E-state index is 0.0926. The van der Waals surface area contributed by atoms with E-state index in [4.69, 9.17) is 10.8 Å². The van der Waals surface area contributed by atoms with Crippen molar-refractivity contribution in [2.75, 3.05) is 0 Å². The summed E-state index contributed by atoms with van der Waals surface area (Å²) >= 11 is 0. The number of hydrogen-bond acceptors (Lipinski definition) is 5. The van der Waals surface area contributed by atoms with Crippen molar-refractivity contribution in [3.63, 3.8) is 0 Å². The van der Waals surface area contributed by atoms with Gasteiger partial charge in [-0.3, -0.25) is 4.79 Å². The van der Waals surface area contributed by atoms with E-state index in [1.165, 1.54) is 0 Å². The molecule has 0 aliphatic carbocycles. The van der Waals surface area contributed by atoms with Crippen LogP contribution in [0.2, 0.25) is 0 Å². The minimum atomic E-state index is -0.863. The Kier molecular flexibility index (Phi) is 4.56. The standard InChI is InChI=1S/C8H8O2.C3H3N3O2/c1-6-4-2-3-5-7(6)8(9)10;4-2(7)3-5-1-8-6-3/h2-5H,1H3,(H,9,10);1H,(H2,4,7). The maximum Gasteiger partial charge on any atom is 0.335 e. The molecule has 0 saturated heterocycles. The van der Waals surface area contributed by atoms with Crippen LogP contribution in [0.4, 0.5) is 0 Å². The number of aromatic nitrogens is 2. The second-order valence-electron chi connectivity index (χ2n) is 3.24. The molecule has 3 N–H and O–H groups in total. The summed E-state index contributed by atoms with van der Waals surface area (Å²) in [7, 11) is 0. The van der Waals surface area contributed by atoms with Gasteiger partial charge in [0.2, 0.25) is 6.39 Å². The Morgan fingerprint density at radius 2 is 2.00 bits per heavy atom. The number of amides is 1. The van der Waals surface area contributed by atoms with Crippen LogP contribution in [0.25, 0.3) is 0 Å². The summed E-state index contributed by atoms with van der Waals surface area (Å²) in [5.41, 5.74) is 5.91. The Bertz CT molecular complexity index is 537. The number of nitrogens with two attached hydrogens (primary N) is 1. The van der Waals surface area contributed by atoms with Crippen molar-refractivity contribution in [2.45, 2.75) is 6.92 Å². The average molecular weight is 249 g/mol. The number of carboxylic acids is 1. The number of carbonyl (C=O) groups excluding carboxylic acids is 1. The number of benzene rings is 1. The molecule has 0 spiro atoms. The van der Waals surface area contributed by atoms with Crippen LogP contribution in [0.3, 0.4) is 0 Å². The number of rotatable bonds is 2. The second kappa shape index (κ2) is 6.14. The van der Waals surface area contributed by atoms with Crippen molar-refractivity contribution < 1.29 is 19.2 Å². The molecule has 0 bridgehead atoms. The Labute approximate surface area is 102 Å². The van der Waals surface area contributed by atoms with Gasteiger partial charge in [-0.05, 0) is 18.6 Å². The number of hydrogen-bond donors (Lipinski definition) is 2. The topological polar surface area (TPSA) is 119 Å². The molecule has 7 nitrogen and oxygen atoms in total. The summed E-state index contributed by atoms with van der Waals surface area (Å²) in [6.45, 7) is 1.78. The third-order valence-electron chi connectivity index (χ3n) is 1.96. The monoisotopic (exact) mass is 249 g/mol. The van der Waals surface area contributed by atoms with E-state index in [1.54, 1.807) is 25.1 Å². The Balaban J connectivity index is 0.000000184. The van der Waals surface area contributed by atoms with Gasteiger partial charge in [0.25, 0.3) is 11.7 Å². The number of primary amides is 1. The molecule has 0 radical (unpaired) electrons. The minimum Gasteiger partial charge on any atom is -0.478 e. The zero-order chi connectivity index (χ0) is 13.5. The van der Waals surface area contributed by atoms with Gasteiger partial charge in [-0.25, -0.2) is 4.79 Å². The van der Waals surface area contributed by atoms with Gasteiger partial charge >= 0.3 is 5.97 Å². The molecule has 0 unspecified atom stereocenters. The van der Waals surface area contributed by atoms with Crippen LogP contribution in [0.1, 0.15) is 26.5 Å². The van der Waals surface area contributed by atoms with E-state index in [0.29, 0.717) is 5.56 Å². The van der Waals surface area contributed by atoms with Crippen molar-refractivity contribution in [3.05, 3.63) is 47.6 Å².